The molecule has 0 fully saturated rings. The summed E-state index contributed by atoms with van der Waals surface area (Å²) in [4.78, 5) is 12.8. The van der Waals surface area contributed by atoms with Gasteiger partial charge in [0.2, 0.25) is 20.0 Å². The minimum Gasteiger partial charge on any atom is -0.373 e. The van der Waals surface area contributed by atoms with E-state index >= 15 is 0 Å². The molecule has 6 N–H and O–H groups in total. The molecule has 0 saturated heterocycles. The summed E-state index contributed by atoms with van der Waals surface area (Å²) < 4.78 is 49.4. The predicted octanol–water partition coefficient (Wildman–Crippen LogP) is 1.70. The number of primary sulfonamides is 1. The fourth-order valence-corrected chi connectivity index (χ4v) is 4.90. The number of rotatable bonds is 9. The van der Waals surface area contributed by atoms with Crippen LogP contribution in [0.3, 0.4) is 0 Å². The molecule has 36 heavy (non-hydrogen) atoms. The zero-order valence-electron chi connectivity index (χ0n) is 19.7. The van der Waals surface area contributed by atoms with Gasteiger partial charge in [-0.25, -0.2) is 22.0 Å². The number of nitrogens with one attached hydrogen (secondary N) is 2. The molecule has 0 aromatic heterocycles. The number of hydrogen-bond donors (Lipinski definition) is 4. The van der Waals surface area contributed by atoms with Crippen molar-refractivity contribution in [1.82, 2.24) is 4.72 Å². The number of carbonyl (C=O) groups excluding carboxylic acids is 1. The van der Waals surface area contributed by atoms with Crippen LogP contribution in [-0.4, -0.2) is 41.3 Å². The van der Waals surface area contributed by atoms with Gasteiger partial charge in [0.05, 0.1) is 17.4 Å². The number of benzene rings is 3. The molecule has 1 atom stereocenters. The van der Waals surface area contributed by atoms with Crippen molar-refractivity contribution in [3.05, 3.63) is 83.4 Å². The van der Waals surface area contributed by atoms with Crippen LogP contribution in [-0.2, 0) is 31.3 Å². The number of nitrogens with two attached hydrogens (primary N) is 2. The van der Waals surface area contributed by atoms with Crippen LogP contribution < -0.4 is 21.0 Å². The fourth-order valence-electron chi connectivity index (χ4n) is 3.65. The van der Waals surface area contributed by atoms with Crippen LogP contribution in [0.15, 0.2) is 76.7 Å². The number of hydrazone groups is 1. The number of amides is 1. The van der Waals surface area contributed by atoms with Crippen LogP contribution in [0.2, 0.25) is 0 Å². The van der Waals surface area contributed by atoms with E-state index in [0.29, 0.717) is 16.8 Å². The molecule has 3 rings (SSSR count). The van der Waals surface area contributed by atoms with Crippen molar-refractivity contribution in [3.8, 4) is 11.1 Å². The first-order valence-electron chi connectivity index (χ1n) is 10.7. The summed E-state index contributed by atoms with van der Waals surface area (Å²) in [5.74, 6) is 4.49. The topological polar surface area (TPSA) is 174 Å². The van der Waals surface area contributed by atoms with Crippen molar-refractivity contribution < 1.29 is 21.6 Å². The Labute approximate surface area is 210 Å². The van der Waals surface area contributed by atoms with E-state index in [9.17, 15) is 21.6 Å². The van der Waals surface area contributed by atoms with Gasteiger partial charge < -0.3 is 11.2 Å². The average molecular weight is 530 g/mol. The van der Waals surface area contributed by atoms with Gasteiger partial charge in [-0.2, -0.15) is 5.10 Å². The van der Waals surface area contributed by atoms with E-state index in [1.54, 1.807) is 60.7 Å². The lowest BCUT2D eigenvalue weighted by atomic mass is 10.0. The standard InChI is InChI=1S/C24H27N5O5S2/c1-16-6-11-23(36(26,33)34)21(12-16)19-7-9-20(10-8-19)28-22(24(30)29-35(2,31)32)14-17-4-3-5-18(13-17)15-27-25/h3-13,15,22,28H,14,25H2,1-2H3,(H,29,30)(H2,26,33,34)/t22-/m0/s1. The average Bonchev–Trinajstić information content (AvgIpc) is 2.77. The summed E-state index contributed by atoms with van der Waals surface area (Å²) in [6.07, 6.45) is 2.53. The van der Waals surface area contributed by atoms with E-state index < -0.39 is 32.0 Å². The zero-order valence-corrected chi connectivity index (χ0v) is 21.3. The first-order valence-corrected chi connectivity index (χ1v) is 14.1. The number of anilines is 1. The van der Waals surface area contributed by atoms with E-state index in [2.05, 4.69) is 10.4 Å². The Kier molecular flexibility index (Phi) is 8.13. The lowest BCUT2D eigenvalue weighted by Crippen LogP contribution is -2.43. The second-order valence-electron chi connectivity index (χ2n) is 8.28. The molecule has 0 aliphatic rings. The number of aryl methyl sites for hydroxylation is 1. The largest absolute Gasteiger partial charge is 0.373 e. The summed E-state index contributed by atoms with van der Waals surface area (Å²) in [6, 6.07) is 17.8. The molecule has 3 aromatic rings. The highest BCUT2D eigenvalue weighted by Gasteiger charge is 2.22. The first kappa shape index (κ1) is 26.9. The highest BCUT2D eigenvalue weighted by atomic mass is 32.2. The van der Waals surface area contributed by atoms with Crippen molar-refractivity contribution in [1.29, 1.82) is 0 Å². The van der Waals surface area contributed by atoms with E-state index in [-0.39, 0.29) is 11.3 Å². The smallest absolute Gasteiger partial charge is 0.256 e. The Bertz CT molecular complexity index is 1500. The third-order valence-electron chi connectivity index (χ3n) is 5.20. The maximum absolute atomic E-state index is 12.8. The molecule has 0 spiro atoms. The molecular formula is C24H27N5O5S2. The van der Waals surface area contributed by atoms with Gasteiger partial charge in [0.15, 0.2) is 0 Å². The SMILES string of the molecule is Cc1ccc(S(N)(=O)=O)c(-c2ccc(N[C@@H](Cc3cccc(C=NN)c3)C(=O)NS(C)(=O)=O)cc2)c1. The number of sulfonamides is 2. The molecule has 0 aliphatic carbocycles. The highest BCUT2D eigenvalue weighted by molar-refractivity contribution is 7.89. The van der Waals surface area contributed by atoms with Gasteiger partial charge in [-0.1, -0.05) is 54.1 Å². The molecular weight excluding hydrogens is 502 g/mol. The Morgan fingerprint density at radius 2 is 1.72 bits per heavy atom. The van der Waals surface area contributed by atoms with Gasteiger partial charge in [-0.05, 0) is 41.8 Å². The molecule has 1 amide bonds. The summed E-state index contributed by atoms with van der Waals surface area (Å²) in [5, 5.41) is 11.9. The summed E-state index contributed by atoms with van der Waals surface area (Å²) in [7, 11) is -7.72. The van der Waals surface area contributed by atoms with Crippen LogP contribution in [0.1, 0.15) is 16.7 Å². The Morgan fingerprint density at radius 1 is 1.03 bits per heavy atom. The molecule has 10 nitrogen and oxygen atoms in total. The van der Waals surface area contributed by atoms with Crippen molar-refractivity contribution in [3.63, 3.8) is 0 Å². The van der Waals surface area contributed by atoms with Crippen molar-refractivity contribution >= 4 is 37.9 Å². The maximum atomic E-state index is 12.8. The van der Waals surface area contributed by atoms with Gasteiger partial charge in [0.1, 0.15) is 6.04 Å². The third kappa shape index (κ3) is 7.38. The first-order chi connectivity index (χ1) is 16.9. The molecule has 190 valence electrons. The monoisotopic (exact) mass is 529 g/mol. The van der Waals surface area contributed by atoms with Crippen LogP contribution in [0, 0.1) is 6.92 Å². The maximum Gasteiger partial charge on any atom is 0.256 e. The number of hydrogen-bond acceptors (Lipinski definition) is 8. The van der Waals surface area contributed by atoms with E-state index in [1.807, 2.05) is 11.6 Å². The number of nitrogens with zero attached hydrogens (tertiary/aromatic N) is 1. The van der Waals surface area contributed by atoms with Gasteiger partial charge >= 0.3 is 0 Å². The lowest BCUT2D eigenvalue weighted by Gasteiger charge is -2.20. The molecule has 0 saturated carbocycles. The van der Waals surface area contributed by atoms with Gasteiger partial charge in [0, 0.05) is 17.7 Å². The second kappa shape index (κ2) is 10.9. The predicted molar refractivity (Wildman–Crippen MR) is 140 cm³/mol. The summed E-state index contributed by atoms with van der Waals surface area (Å²) >= 11 is 0. The van der Waals surface area contributed by atoms with Crippen LogP contribution in [0.5, 0.6) is 0 Å². The zero-order chi connectivity index (χ0) is 26.5. The minimum absolute atomic E-state index is 0.000108. The highest BCUT2D eigenvalue weighted by Crippen LogP contribution is 2.29. The van der Waals surface area contributed by atoms with Crippen LogP contribution >= 0.6 is 0 Å². The normalized spacial score (nSPS) is 12.9. The molecule has 0 aliphatic heterocycles. The molecule has 3 aromatic carbocycles. The van der Waals surface area contributed by atoms with E-state index in [4.69, 9.17) is 11.0 Å². The van der Waals surface area contributed by atoms with Gasteiger partial charge in [-0.15, -0.1) is 0 Å². The van der Waals surface area contributed by atoms with E-state index in [1.165, 1.54) is 12.3 Å². The van der Waals surface area contributed by atoms with Crippen molar-refractivity contribution in [2.24, 2.45) is 16.1 Å². The molecule has 0 radical (unpaired) electrons. The second-order valence-corrected chi connectivity index (χ2v) is 11.6. The molecule has 12 heteroatoms. The van der Waals surface area contributed by atoms with E-state index in [0.717, 1.165) is 22.9 Å². The van der Waals surface area contributed by atoms with Crippen molar-refractivity contribution in [2.75, 3.05) is 11.6 Å². The third-order valence-corrected chi connectivity index (χ3v) is 6.74. The van der Waals surface area contributed by atoms with Crippen LogP contribution in [0.25, 0.3) is 11.1 Å². The molecule has 0 unspecified atom stereocenters. The summed E-state index contributed by atoms with van der Waals surface area (Å²) in [5.41, 5.74) is 3.93. The van der Waals surface area contributed by atoms with Gasteiger partial charge in [-0.3, -0.25) is 9.52 Å². The molecule has 0 bridgehead atoms. The minimum atomic E-state index is -3.94. The van der Waals surface area contributed by atoms with Crippen molar-refractivity contribution in [2.45, 2.75) is 24.3 Å². The Hall–Kier alpha value is -3.74. The Morgan fingerprint density at radius 3 is 2.33 bits per heavy atom. The number of carbonyl (C=O) groups is 1. The fraction of sp³-hybridized carbons (Fsp3) is 0.167. The summed E-state index contributed by atoms with van der Waals surface area (Å²) in [6.45, 7) is 1.84. The Balaban J connectivity index is 1.91. The van der Waals surface area contributed by atoms with Crippen LogP contribution in [0.4, 0.5) is 5.69 Å². The molecule has 0 heterocycles. The lowest BCUT2D eigenvalue weighted by molar-refractivity contribution is -0.120. The quantitative estimate of drug-likeness (QED) is 0.185. The van der Waals surface area contributed by atoms with Gasteiger partial charge in [0.25, 0.3) is 5.91 Å².